The van der Waals surface area contributed by atoms with Crippen molar-refractivity contribution >= 4 is 63.7 Å². The molecule has 4 nitrogen and oxygen atoms in total. The number of aryl methyl sites for hydroxylation is 2. The third kappa shape index (κ3) is 6.63. The first-order valence-corrected chi connectivity index (χ1v) is 8.87. The van der Waals surface area contributed by atoms with Crippen molar-refractivity contribution in [2.45, 2.75) is 44.6 Å². The Hall–Kier alpha value is -0.750. The average molecular weight is 411 g/mol. The fourth-order valence-electron chi connectivity index (χ4n) is 1.79. The van der Waals surface area contributed by atoms with E-state index in [0.29, 0.717) is 0 Å². The third-order valence-corrected chi connectivity index (χ3v) is 4.06. The molecule has 0 saturated heterocycles. The average Bonchev–Trinajstić information content (AvgIpc) is 2.39. The highest BCUT2D eigenvalue weighted by atomic mass is 35.6. The van der Waals surface area contributed by atoms with Crippen molar-refractivity contribution in [2.24, 2.45) is 5.41 Å². The fourth-order valence-corrected chi connectivity index (χ4v) is 2.35. The zero-order chi connectivity index (χ0) is 18.7. The van der Waals surface area contributed by atoms with Gasteiger partial charge in [-0.3, -0.25) is 4.79 Å². The minimum Gasteiger partial charge on any atom is -0.339 e. The van der Waals surface area contributed by atoms with Crippen LogP contribution in [0.3, 0.4) is 0 Å². The van der Waals surface area contributed by atoms with Crippen LogP contribution >= 0.6 is 47.0 Å². The van der Waals surface area contributed by atoms with Gasteiger partial charge in [-0.25, -0.2) is 0 Å². The molecule has 0 aromatic heterocycles. The van der Waals surface area contributed by atoms with Crippen LogP contribution in [0.1, 0.15) is 31.9 Å². The quantitative estimate of drug-likeness (QED) is 0.391. The molecule has 1 amide bonds. The topological polar surface area (TPSA) is 53.2 Å². The van der Waals surface area contributed by atoms with E-state index in [9.17, 15) is 4.79 Å². The highest BCUT2D eigenvalue weighted by Gasteiger charge is 2.36. The summed E-state index contributed by atoms with van der Waals surface area (Å²) in [6.45, 7) is 9.28. The maximum absolute atomic E-state index is 12.2. The summed E-state index contributed by atoms with van der Waals surface area (Å²) in [6, 6.07) is 5.90. The lowest BCUT2D eigenvalue weighted by Crippen LogP contribution is -2.58. The molecule has 0 bridgehead atoms. The van der Waals surface area contributed by atoms with Crippen LogP contribution in [-0.4, -0.2) is 21.0 Å². The van der Waals surface area contributed by atoms with E-state index < -0.39 is 15.4 Å². The van der Waals surface area contributed by atoms with Gasteiger partial charge in [-0.05, 0) is 37.7 Å². The van der Waals surface area contributed by atoms with E-state index in [2.05, 4.69) is 16.0 Å². The van der Waals surface area contributed by atoms with Gasteiger partial charge >= 0.3 is 0 Å². The van der Waals surface area contributed by atoms with E-state index in [-0.39, 0.29) is 11.0 Å². The monoisotopic (exact) mass is 409 g/mol. The molecule has 0 fully saturated rings. The molecule has 1 atom stereocenters. The number of hydrogen-bond donors (Lipinski definition) is 3. The van der Waals surface area contributed by atoms with E-state index >= 15 is 0 Å². The minimum absolute atomic E-state index is 0.243. The number of anilines is 1. The molecule has 0 radical (unpaired) electrons. The van der Waals surface area contributed by atoms with Crippen LogP contribution in [0.2, 0.25) is 0 Å². The van der Waals surface area contributed by atoms with Gasteiger partial charge in [-0.15, -0.1) is 0 Å². The molecule has 0 aliphatic carbocycles. The first kappa shape index (κ1) is 21.3. The summed E-state index contributed by atoms with van der Waals surface area (Å²) in [5, 5.41) is 8.79. The van der Waals surface area contributed by atoms with E-state index in [1.807, 2.05) is 32.0 Å². The van der Waals surface area contributed by atoms with Gasteiger partial charge in [0, 0.05) is 11.1 Å². The van der Waals surface area contributed by atoms with E-state index in [0.717, 1.165) is 16.8 Å². The number of rotatable bonds is 3. The summed E-state index contributed by atoms with van der Waals surface area (Å²) >= 11 is 23.1. The van der Waals surface area contributed by atoms with Gasteiger partial charge in [0.2, 0.25) is 9.70 Å². The van der Waals surface area contributed by atoms with Crippen molar-refractivity contribution in [1.82, 2.24) is 10.6 Å². The van der Waals surface area contributed by atoms with E-state index in [1.165, 1.54) is 0 Å². The minimum atomic E-state index is -1.77. The summed E-state index contributed by atoms with van der Waals surface area (Å²) in [6.07, 6.45) is -0.972. The SMILES string of the molecule is Cc1ccc(NC(=S)N[C@H](NC(=O)C(C)(C)C)C(Cl)(Cl)Cl)c(C)c1. The number of benzene rings is 1. The molecule has 0 heterocycles. The molecule has 134 valence electrons. The number of halogens is 3. The van der Waals surface area contributed by atoms with Gasteiger partial charge in [0.15, 0.2) is 5.11 Å². The lowest BCUT2D eigenvalue weighted by atomic mass is 9.95. The number of carbonyl (C=O) groups is 1. The molecule has 8 heteroatoms. The van der Waals surface area contributed by atoms with Crippen molar-refractivity contribution in [3.8, 4) is 0 Å². The predicted molar refractivity (Wildman–Crippen MR) is 107 cm³/mol. The Labute approximate surface area is 163 Å². The van der Waals surface area contributed by atoms with Crippen LogP contribution in [0.25, 0.3) is 0 Å². The molecular formula is C16H22Cl3N3OS. The molecule has 0 saturated carbocycles. The lowest BCUT2D eigenvalue weighted by molar-refractivity contribution is -0.129. The maximum Gasteiger partial charge on any atom is 0.228 e. The second-order valence-electron chi connectivity index (χ2n) is 6.61. The Morgan fingerprint density at radius 2 is 1.71 bits per heavy atom. The number of amides is 1. The van der Waals surface area contributed by atoms with Gasteiger partial charge in [0.1, 0.15) is 6.17 Å². The molecule has 3 N–H and O–H groups in total. The van der Waals surface area contributed by atoms with Crippen LogP contribution in [0.4, 0.5) is 5.69 Å². The Morgan fingerprint density at radius 1 is 1.12 bits per heavy atom. The molecule has 0 unspecified atom stereocenters. The van der Waals surface area contributed by atoms with Crippen molar-refractivity contribution in [3.05, 3.63) is 29.3 Å². The molecule has 1 rings (SSSR count). The maximum atomic E-state index is 12.2. The smallest absolute Gasteiger partial charge is 0.228 e. The van der Waals surface area contributed by atoms with Crippen LogP contribution in [0, 0.1) is 19.3 Å². The van der Waals surface area contributed by atoms with Gasteiger partial charge in [0.25, 0.3) is 0 Å². The van der Waals surface area contributed by atoms with Gasteiger partial charge < -0.3 is 16.0 Å². The Balaban J connectivity index is 2.83. The van der Waals surface area contributed by atoms with Crippen molar-refractivity contribution < 1.29 is 4.79 Å². The lowest BCUT2D eigenvalue weighted by Gasteiger charge is -2.30. The fraction of sp³-hybridized carbons (Fsp3) is 0.500. The largest absolute Gasteiger partial charge is 0.339 e. The van der Waals surface area contributed by atoms with Gasteiger partial charge in [-0.1, -0.05) is 73.3 Å². The van der Waals surface area contributed by atoms with Crippen molar-refractivity contribution in [2.75, 3.05) is 5.32 Å². The van der Waals surface area contributed by atoms with Crippen LogP contribution in [-0.2, 0) is 4.79 Å². The second-order valence-corrected chi connectivity index (χ2v) is 9.39. The number of alkyl halides is 3. The Kier molecular flexibility index (Phi) is 7.17. The third-order valence-electron chi connectivity index (χ3n) is 3.19. The molecule has 24 heavy (non-hydrogen) atoms. The summed E-state index contributed by atoms with van der Waals surface area (Å²) in [5.74, 6) is -0.263. The van der Waals surface area contributed by atoms with Gasteiger partial charge in [-0.2, -0.15) is 0 Å². The zero-order valence-electron chi connectivity index (χ0n) is 14.3. The summed E-state index contributed by atoms with van der Waals surface area (Å²) in [4.78, 5) is 12.2. The normalized spacial score (nSPS) is 13.2. The van der Waals surface area contributed by atoms with Crippen molar-refractivity contribution in [3.63, 3.8) is 0 Å². The highest BCUT2D eigenvalue weighted by molar-refractivity contribution is 7.80. The first-order chi connectivity index (χ1) is 10.8. The number of thiocarbonyl (C=S) groups is 1. The summed E-state index contributed by atoms with van der Waals surface area (Å²) in [7, 11) is 0. The number of hydrogen-bond acceptors (Lipinski definition) is 2. The Morgan fingerprint density at radius 3 is 2.17 bits per heavy atom. The zero-order valence-corrected chi connectivity index (χ0v) is 17.3. The Bertz CT molecular complexity index is 624. The summed E-state index contributed by atoms with van der Waals surface area (Å²) in [5.41, 5.74) is 2.39. The van der Waals surface area contributed by atoms with E-state index in [4.69, 9.17) is 47.0 Å². The second kappa shape index (κ2) is 8.09. The van der Waals surface area contributed by atoms with Crippen molar-refractivity contribution in [1.29, 1.82) is 0 Å². The molecule has 0 aliphatic heterocycles. The van der Waals surface area contributed by atoms with Gasteiger partial charge in [0.05, 0.1) is 0 Å². The summed E-state index contributed by atoms with van der Waals surface area (Å²) < 4.78 is -1.77. The van der Waals surface area contributed by atoms with Crippen LogP contribution < -0.4 is 16.0 Å². The number of carbonyl (C=O) groups excluding carboxylic acids is 1. The molecule has 0 spiro atoms. The first-order valence-electron chi connectivity index (χ1n) is 7.33. The molecular weight excluding hydrogens is 389 g/mol. The highest BCUT2D eigenvalue weighted by Crippen LogP contribution is 2.30. The van der Waals surface area contributed by atoms with Crippen LogP contribution in [0.5, 0.6) is 0 Å². The molecule has 0 aliphatic rings. The standard InChI is InChI=1S/C16H22Cl3N3OS/c1-9-6-7-11(10(2)8-9)20-14(24)22-12(16(17,18)19)21-13(23)15(3,4)5/h6-8,12H,1-5H3,(H,21,23)(H2,20,22,24)/t12-/m0/s1. The molecule has 1 aromatic rings. The van der Waals surface area contributed by atoms with Crippen LogP contribution in [0.15, 0.2) is 18.2 Å². The number of nitrogens with one attached hydrogen (secondary N) is 3. The molecule has 1 aromatic carbocycles. The van der Waals surface area contributed by atoms with E-state index in [1.54, 1.807) is 20.8 Å². The predicted octanol–water partition coefficient (Wildman–Crippen LogP) is 4.45.